The molecule has 1 N–H and O–H groups in total. The maximum atomic E-state index is 11.7. The molecule has 104 valence electrons. The molecule has 0 heterocycles. The normalized spacial score (nSPS) is 24.7. The van der Waals surface area contributed by atoms with Crippen LogP contribution in [0.5, 0.6) is 0 Å². The van der Waals surface area contributed by atoms with Crippen LogP contribution in [0.25, 0.3) is 0 Å². The van der Waals surface area contributed by atoms with Gasteiger partial charge in [0.1, 0.15) is 4.75 Å². The number of allylic oxidation sites excluding steroid dienone is 3. The first kappa shape index (κ1) is 15.4. The molecule has 0 amide bonds. The molecule has 1 aliphatic carbocycles. The first-order valence-electron chi connectivity index (χ1n) is 6.66. The molecule has 1 atom stereocenters. The first-order valence-corrected chi connectivity index (χ1v) is 8.10. The Morgan fingerprint density at radius 3 is 2.39 bits per heavy atom. The molecular weight excluding hydrogens is 248 g/mol. The Morgan fingerprint density at radius 2 is 1.89 bits per heavy atom. The zero-order valence-electron chi connectivity index (χ0n) is 11.6. The third-order valence-electron chi connectivity index (χ3n) is 3.82. The summed E-state index contributed by atoms with van der Waals surface area (Å²) in [4.78, 5) is 0. The lowest BCUT2D eigenvalue weighted by Gasteiger charge is -2.30. The van der Waals surface area contributed by atoms with Crippen molar-refractivity contribution in [2.75, 3.05) is 0 Å². The van der Waals surface area contributed by atoms with Gasteiger partial charge in [-0.15, -0.1) is 0 Å². The van der Waals surface area contributed by atoms with E-state index in [2.05, 4.69) is 6.92 Å². The second-order valence-corrected chi connectivity index (χ2v) is 7.03. The van der Waals surface area contributed by atoms with Gasteiger partial charge in [0.05, 0.1) is 0 Å². The van der Waals surface area contributed by atoms with Gasteiger partial charge in [0, 0.05) is 0 Å². The fourth-order valence-corrected chi connectivity index (χ4v) is 3.41. The van der Waals surface area contributed by atoms with Crippen molar-refractivity contribution in [1.29, 1.82) is 0 Å². The summed E-state index contributed by atoms with van der Waals surface area (Å²) in [7, 11) is -4.05. The molecule has 0 saturated carbocycles. The smallest absolute Gasteiger partial charge is 0.274 e. The molecule has 0 spiro atoms. The van der Waals surface area contributed by atoms with E-state index in [1.807, 2.05) is 19.9 Å². The van der Waals surface area contributed by atoms with Crippen LogP contribution < -0.4 is 0 Å². The monoisotopic (exact) mass is 272 g/mol. The van der Waals surface area contributed by atoms with E-state index in [4.69, 9.17) is 0 Å². The van der Waals surface area contributed by atoms with E-state index in [0.29, 0.717) is 12.8 Å². The SMILES string of the molecule is CCCCCCC1(S(=O)(=O)O)C=C(C)C(C)=CC1. The third kappa shape index (κ3) is 3.45. The Bertz CT molecular complexity index is 446. The van der Waals surface area contributed by atoms with Crippen LogP contribution in [0.4, 0.5) is 0 Å². The van der Waals surface area contributed by atoms with Crippen molar-refractivity contribution in [3.8, 4) is 0 Å². The Labute approximate surface area is 111 Å². The van der Waals surface area contributed by atoms with E-state index in [-0.39, 0.29) is 0 Å². The lowest BCUT2D eigenvalue weighted by Crippen LogP contribution is -2.37. The average Bonchev–Trinajstić information content (AvgIpc) is 2.28. The van der Waals surface area contributed by atoms with Crippen LogP contribution in [0.2, 0.25) is 0 Å². The molecule has 1 unspecified atom stereocenters. The largest absolute Gasteiger partial charge is 0.285 e. The topological polar surface area (TPSA) is 54.4 Å². The maximum Gasteiger partial charge on any atom is 0.274 e. The minimum absolute atomic E-state index is 0.390. The fourth-order valence-electron chi connectivity index (χ4n) is 2.39. The number of hydrogen-bond acceptors (Lipinski definition) is 2. The average molecular weight is 272 g/mol. The standard InChI is InChI=1S/C14H24O3S/c1-4-5-6-7-9-14(18(15,16)17)10-8-12(2)13(3)11-14/h8,11H,4-7,9-10H2,1-3H3,(H,15,16,17). The molecule has 0 bridgehead atoms. The summed E-state index contributed by atoms with van der Waals surface area (Å²) < 4.78 is 31.9. The van der Waals surface area contributed by atoms with Gasteiger partial charge in [-0.1, -0.05) is 55.9 Å². The fraction of sp³-hybridized carbons (Fsp3) is 0.714. The molecule has 1 aliphatic rings. The van der Waals surface area contributed by atoms with Crippen LogP contribution in [-0.4, -0.2) is 17.7 Å². The molecule has 0 aromatic rings. The molecule has 0 radical (unpaired) electrons. The number of rotatable bonds is 6. The Kier molecular flexibility index (Phi) is 5.17. The lowest BCUT2D eigenvalue weighted by atomic mass is 9.87. The maximum absolute atomic E-state index is 11.7. The highest BCUT2D eigenvalue weighted by Gasteiger charge is 2.41. The zero-order valence-corrected chi connectivity index (χ0v) is 12.4. The van der Waals surface area contributed by atoms with E-state index in [1.54, 1.807) is 6.08 Å². The number of unbranched alkanes of at least 4 members (excludes halogenated alkanes) is 3. The Balaban J connectivity index is 2.87. The summed E-state index contributed by atoms with van der Waals surface area (Å²) in [6.45, 7) is 5.99. The summed E-state index contributed by atoms with van der Waals surface area (Å²) in [6.07, 6.45) is 8.64. The molecule has 18 heavy (non-hydrogen) atoms. The molecule has 4 heteroatoms. The van der Waals surface area contributed by atoms with Crippen LogP contribution in [-0.2, 0) is 10.1 Å². The summed E-state index contributed by atoms with van der Waals surface area (Å²) in [5.74, 6) is 0. The third-order valence-corrected chi connectivity index (χ3v) is 5.34. The quantitative estimate of drug-likeness (QED) is 0.589. The van der Waals surface area contributed by atoms with Crippen LogP contribution in [0.1, 0.15) is 59.3 Å². The van der Waals surface area contributed by atoms with E-state index < -0.39 is 14.9 Å². The van der Waals surface area contributed by atoms with Crippen molar-refractivity contribution in [3.05, 3.63) is 23.3 Å². The van der Waals surface area contributed by atoms with Gasteiger partial charge in [0.2, 0.25) is 0 Å². The van der Waals surface area contributed by atoms with Gasteiger partial charge in [0.15, 0.2) is 0 Å². The van der Waals surface area contributed by atoms with Gasteiger partial charge < -0.3 is 0 Å². The zero-order chi connectivity index (χ0) is 13.8. The number of hydrogen-bond donors (Lipinski definition) is 1. The van der Waals surface area contributed by atoms with Crippen molar-refractivity contribution >= 4 is 10.1 Å². The van der Waals surface area contributed by atoms with Crippen molar-refractivity contribution in [3.63, 3.8) is 0 Å². The second kappa shape index (κ2) is 6.02. The van der Waals surface area contributed by atoms with Crippen LogP contribution >= 0.6 is 0 Å². The molecule has 0 fully saturated rings. The molecule has 0 aliphatic heterocycles. The summed E-state index contributed by atoms with van der Waals surface area (Å²) in [6, 6.07) is 0. The van der Waals surface area contributed by atoms with Crippen molar-refractivity contribution in [2.45, 2.75) is 64.0 Å². The predicted molar refractivity (Wildman–Crippen MR) is 75.2 cm³/mol. The second-order valence-electron chi connectivity index (χ2n) is 5.27. The minimum atomic E-state index is -4.05. The molecule has 0 aromatic carbocycles. The van der Waals surface area contributed by atoms with Gasteiger partial charge in [-0.2, -0.15) is 8.42 Å². The Hall–Kier alpha value is -0.610. The van der Waals surface area contributed by atoms with Gasteiger partial charge in [-0.3, -0.25) is 4.55 Å². The summed E-state index contributed by atoms with van der Waals surface area (Å²) in [5, 5.41) is 0. The highest BCUT2D eigenvalue weighted by Crippen LogP contribution is 2.36. The molecule has 3 nitrogen and oxygen atoms in total. The molecule has 0 saturated heterocycles. The molecule has 0 aromatic heterocycles. The van der Waals surface area contributed by atoms with Gasteiger partial charge in [-0.05, 0) is 26.7 Å². The van der Waals surface area contributed by atoms with Crippen molar-refractivity contribution in [2.24, 2.45) is 0 Å². The van der Waals surface area contributed by atoms with Crippen LogP contribution in [0.3, 0.4) is 0 Å². The van der Waals surface area contributed by atoms with Gasteiger partial charge >= 0.3 is 0 Å². The van der Waals surface area contributed by atoms with Gasteiger partial charge in [-0.25, -0.2) is 0 Å². The van der Waals surface area contributed by atoms with Crippen molar-refractivity contribution in [1.82, 2.24) is 0 Å². The van der Waals surface area contributed by atoms with E-state index in [9.17, 15) is 13.0 Å². The van der Waals surface area contributed by atoms with E-state index in [0.717, 1.165) is 36.8 Å². The lowest BCUT2D eigenvalue weighted by molar-refractivity contribution is 0.426. The van der Waals surface area contributed by atoms with E-state index >= 15 is 0 Å². The molecular formula is C14H24O3S. The predicted octanol–water partition coefficient (Wildman–Crippen LogP) is 3.88. The Morgan fingerprint density at radius 1 is 1.22 bits per heavy atom. The molecule has 1 rings (SSSR count). The summed E-state index contributed by atoms with van der Waals surface area (Å²) in [5.41, 5.74) is 2.05. The van der Waals surface area contributed by atoms with E-state index in [1.165, 1.54) is 0 Å². The van der Waals surface area contributed by atoms with Crippen LogP contribution in [0.15, 0.2) is 23.3 Å². The minimum Gasteiger partial charge on any atom is -0.285 e. The van der Waals surface area contributed by atoms with Gasteiger partial charge in [0.25, 0.3) is 10.1 Å². The highest BCUT2D eigenvalue weighted by molar-refractivity contribution is 7.87. The van der Waals surface area contributed by atoms with Crippen LogP contribution in [0, 0.1) is 0 Å². The first-order chi connectivity index (χ1) is 8.32. The summed E-state index contributed by atoms with van der Waals surface area (Å²) >= 11 is 0. The van der Waals surface area contributed by atoms with Crippen molar-refractivity contribution < 1.29 is 13.0 Å². The highest BCUT2D eigenvalue weighted by atomic mass is 32.2.